The van der Waals surface area contributed by atoms with Crippen molar-refractivity contribution < 1.29 is 10.2 Å². The van der Waals surface area contributed by atoms with E-state index < -0.39 is 6.10 Å². The molecule has 0 saturated carbocycles. The fraction of sp³-hybridized carbons (Fsp3) is 0.182. The summed E-state index contributed by atoms with van der Waals surface area (Å²) in [6.45, 7) is 0. The molecule has 1 unspecified atom stereocenters. The Balaban J connectivity index is 3.22. The molecule has 4 heteroatoms. The summed E-state index contributed by atoms with van der Waals surface area (Å²) in [6.07, 6.45) is 5.29. The number of aliphatic hydroxyl groups excluding tert-OH is 1. The number of phenolic OH excluding ortho intramolecular Hbond substituents is 1. The molecule has 15 heavy (non-hydrogen) atoms. The zero-order chi connectivity index (χ0) is 11.4. The highest BCUT2D eigenvalue weighted by atomic mass is 16.3. The van der Waals surface area contributed by atoms with Gasteiger partial charge in [-0.3, -0.25) is 0 Å². The second kappa shape index (κ2) is 4.49. The number of rotatable bonds is 3. The summed E-state index contributed by atoms with van der Waals surface area (Å²) in [6, 6.07) is 2.88. The van der Waals surface area contributed by atoms with E-state index in [4.69, 9.17) is 17.6 Å². The van der Waals surface area contributed by atoms with Crippen LogP contribution in [0.3, 0.4) is 0 Å². The van der Waals surface area contributed by atoms with E-state index >= 15 is 0 Å². The van der Waals surface area contributed by atoms with Gasteiger partial charge >= 0.3 is 0 Å². The summed E-state index contributed by atoms with van der Waals surface area (Å²) in [7, 11) is 0. The molecule has 1 aromatic rings. The van der Waals surface area contributed by atoms with Crippen molar-refractivity contribution in [3.63, 3.8) is 0 Å². The molecule has 0 bridgehead atoms. The van der Waals surface area contributed by atoms with Crippen LogP contribution in [-0.4, -0.2) is 16.4 Å². The minimum Gasteiger partial charge on any atom is -0.507 e. The molecule has 78 valence electrons. The van der Waals surface area contributed by atoms with Gasteiger partial charge < -0.3 is 21.4 Å². The highest BCUT2D eigenvalue weighted by molar-refractivity contribution is 5.89. The van der Waals surface area contributed by atoms with Gasteiger partial charge in [-0.1, -0.05) is 6.07 Å². The van der Waals surface area contributed by atoms with Crippen LogP contribution in [0.2, 0.25) is 0 Å². The fourth-order valence-corrected chi connectivity index (χ4v) is 1.31. The fourth-order valence-electron chi connectivity index (χ4n) is 1.31. The van der Waals surface area contributed by atoms with E-state index in [2.05, 4.69) is 5.92 Å². The number of anilines is 1. The number of hydrogen-bond acceptors (Lipinski definition) is 4. The standard InChI is InChI=1S/C11H12N2O2/c1-2-3-9(14)7-4-5-10(15)8(6-12)11(7)13/h1,4-6,9,12,14-15H,3,13H2. The molecule has 4 nitrogen and oxygen atoms in total. The summed E-state index contributed by atoms with van der Waals surface area (Å²) in [4.78, 5) is 0. The first kappa shape index (κ1) is 11.1. The van der Waals surface area contributed by atoms with Crippen molar-refractivity contribution in [2.45, 2.75) is 12.5 Å². The predicted molar refractivity (Wildman–Crippen MR) is 58.8 cm³/mol. The van der Waals surface area contributed by atoms with Crippen molar-refractivity contribution in [2.75, 3.05) is 5.73 Å². The third kappa shape index (κ3) is 2.09. The minimum atomic E-state index is -0.866. The van der Waals surface area contributed by atoms with E-state index in [1.54, 1.807) is 0 Å². The molecular formula is C11H12N2O2. The van der Waals surface area contributed by atoms with Gasteiger partial charge in [-0.15, -0.1) is 12.3 Å². The molecule has 1 rings (SSSR count). The summed E-state index contributed by atoms with van der Waals surface area (Å²) >= 11 is 0. The normalized spacial score (nSPS) is 11.7. The largest absolute Gasteiger partial charge is 0.507 e. The van der Waals surface area contributed by atoms with Gasteiger partial charge in [0, 0.05) is 23.9 Å². The van der Waals surface area contributed by atoms with Gasteiger partial charge in [0.25, 0.3) is 0 Å². The van der Waals surface area contributed by atoms with Gasteiger partial charge in [0.15, 0.2) is 0 Å². The van der Waals surface area contributed by atoms with Crippen LogP contribution in [0.25, 0.3) is 0 Å². The van der Waals surface area contributed by atoms with Crippen LogP contribution in [0.5, 0.6) is 5.75 Å². The number of nitrogens with one attached hydrogen (secondary N) is 1. The summed E-state index contributed by atoms with van der Waals surface area (Å²) in [5, 5.41) is 26.1. The lowest BCUT2D eigenvalue weighted by Gasteiger charge is -2.13. The number of aromatic hydroxyl groups is 1. The maximum Gasteiger partial charge on any atom is 0.126 e. The van der Waals surface area contributed by atoms with Crippen molar-refractivity contribution in [3.8, 4) is 18.1 Å². The molecule has 0 radical (unpaired) electrons. The quantitative estimate of drug-likeness (QED) is 0.336. The molecule has 0 aliphatic rings. The SMILES string of the molecule is C#CCC(O)c1ccc(O)c(C=N)c1N. The van der Waals surface area contributed by atoms with Crippen LogP contribution in [0.15, 0.2) is 12.1 Å². The van der Waals surface area contributed by atoms with Crippen molar-refractivity contribution >= 4 is 11.9 Å². The van der Waals surface area contributed by atoms with Crippen LogP contribution in [0, 0.1) is 17.8 Å². The zero-order valence-corrected chi connectivity index (χ0v) is 8.07. The molecule has 0 aliphatic heterocycles. The lowest BCUT2D eigenvalue weighted by molar-refractivity contribution is 0.185. The topological polar surface area (TPSA) is 90.3 Å². The van der Waals surface area contributed by atoms with Gasteiger partial charge in [0.05, 0.1) is 11.7 Å². The van der Waals surface area contributed by atoms with E-state index in [-0.39, 0.29) is 23.4 Å². The molecule has 0 aliphatic carbocycles. The Morgan fingerprint density at radius 3 is 2.80 bits per heavy atom. The van der Waals surface area contributed by atoms with Crippen molar-refractivity contribution in [1.82, 2.24) is 0 Å². The van der Waals surface area contributed by atoms with E-state index in [9.17, 15) is 10.2 Å². The number of aliphatic hydroxyl groups is 1. The van der Waals surface area contributed by atoms with E-state index in [0.29, 0.717) is 5.56 Å². The molecule has 1 atom stereocenters. The first-order valence-electron chi connectivity index (χ1n) is 4.35. The second-order valence-electron chi connectivity index (χ2n) is 3.07. The Bertz CT molecular complexity index is 421. The van der Waals surface area contributed by atoms with Gasteiger partial charge in [-0.2, -0.15) is 0 Å². The highest BCUT2D eigenvalue weighted by Gasteiger charge is 2.14. The number of nitrogens with two attached hydrogens (primary N) is 1. The number of terminal acetylenes is 1. The first-order valence-corrected chi connectivity index (χ1v) is 4.35. The van der Waals surface area contributed by atoms with Crippen LogP contribution in [0.4, 0.5) is 5.69 Å². The van der Waals surface area contributed by atoms with Crippen LogP contribution in [0.1, 0.15) is 23.7 Å². The predicted octanol–water partition coefficient (Wildman–Crippen LogP) is 1.03. The zero-order valence-electron chi connectivity index (χ0n) is 8.07. The Morgan fingerprint density at radius 1 is 1.60 bits per heavy atom. The lowest BCUT2D eigenvalue weighted by Crippen LogP contribution is -2.04. The molecule has 0 fully saturated rings. The van der Waals surface area contributed by atoms with E-state index in [1.807, 2.05) is 0 Å². The maximum atomic E-state index is 9.63. The number of phenols is 1. The average molecular weight is 204 g/mol. The molecule has 0 heterocycles. The van der Waals surface area contributed by atoms with E-state index in [0.717, 1.165) is 6.21 Å². The van der Waals surface area contributed by atoms with Gasteiger partial charge in [0.2, 0.25) is 0 Å². The third-order valence-corrected chi connectivity index (χ3v) is 2.11. The first-order chi connectivity index (χ1) is 7.11. The number of hydrogen-bond donors (Lipinski definition) is 4. The average Bonchev–Trinajstić information content (AvgIpc) is 2.18. The van der Waals surface area contributed by atoms with Crippen molar-refractivity contribution in [2.24, 2.45) is 0 Å². The lowest BCUT2D eigenvalue weighted by atomic mass is 10.0. The molecule has 0 amide bonds. The number of benzene rings is 1. The van der Waals surface area contributed by atoms with Crippen LogP contribution < -0.4 is 5.73 Å². The minimum absolute atomic E-state index is 0.0841. The van der Waals surface area contributed by atoms with Gasteiger partial charge in [-0.25, -0.2) is 0 Å². The maximum absolute atomic E-state index is 9.63. The molecule has 1 aromatic carbocycles. The molecular weight excluding hydrogens is 192 g/mol. The Hall–Kier alpha value is -1.99. The summed E-state index contributed by atoms with van der Waals surface area (Å²) < 4.78 is 0. The monoisotopic (exact) mass is 204 g/mol. The summed E-state index contributed by atoms with van der Waals surface area (Å²) in [5.74, 6) is 2.24. The molecule has 0 aromatic heterocycles. The second-order valence-corrected chi connectivity index (χ2v) is 3.07. The summed E-state index contributed by atoms with van der Waals surface area (Å²) in [5.41, 5.74) is 6.51. The number of nitrogen functional groups attached to an aromatic ring is 1. The smallest absolute Gasteiger partial charge is 0.126 e. The Morgan fingerprint density at radius 2 is 2.27 bits per heavy atom. The van der Waals surface area contributed by atoms with Crippen molar-refractivity contribution in [3.05, 3.63) is 23.3 Å². The molecule has 5 N–H and O–H groups in total. The Labute approximate surface area is 87.9 Å². The van der Waals surface area contributed by atoms with Crippen LogP contribution in [-0.2, 0) is 0 Å². The van der Waals surface area contributed by atoms with Crippen LogP contribution >= 0.6 is 0 Å². The third-order valence-electron chi connectivity index (χ3n) is 2.11. The highest BCUT2D eigenvalue weighted by Crippen LogP contribution is 2.30. The van der Waals surface area contributed by atoms with E-state index in [1.165, 1.54) is 12.1 Å². The molecule has 0 spiro atoms. The van der Waals surface area contributed by atoms with Gasteiger partial charge in [-0.05, 0) is 6.07 Å². The molecule has 0 saturated heterocycles. The Kier molecular flexibility index (Phi) is 3.32. The van der Waals surface area contributed by atoms with Crippen molar-refractivity contribution in [1.29, 1.82) is 5.41 Å². The van der Waals surface area contributed by atoms with Gasteiger partial charge in [0.1, 0.15) is 5.75 Å².